The number of hydrogen-bond acceptors (Lipinski definition) is 5. The van der Waals surface area contributed by atoms with Crippen LogP contribution in [0.4, 0.5) is 10.1 Å². The van der Waals surface area contributed by atoms with Crippen LogP contribution < -0.4 is 11.1 Å². The summed E-state index contributed by atoms with van der Waals surface area (Å²) < 4.78 is 14.4. The lowest BCUT2D eigenvalue weighted by atomic mass is 10.2. The number of thiazole rings is 1. The maximum absolute atomic E-state index is 13.7. The van der Waals surface area contributed by atoms with Gasteiger partial charge in [-0.25, -0.2) is 9.37 Å². The van der Waals surface area contributed by atoms with Crippen LogP contribution in [0.15, 0.2) is 29.1 Å². The lowest BCUT2D eigenvalue weighted by molar-refractivity contribution is 0.0955. The van der Waals surface area contributed by atoms with Crippen molar-refractivity contribution < 1.29 is 9.18 Å². The van der Waals surface area contributed by atoms with Crippen LogP contribution in [0.5, 0.6) is 0 Å². The summed E-state index contributed by atoms with van der Waals surface area (Å²) in [6.07, 6.45) is 0. The third-order valence-corrected chi connectivity index (χ3v) is 4.63. The molecule has 0 aliphatic carbocycles. The maximum Gasteiger partial charge on any atom is 0.263 e. The molecule has 0 aliphatic heterocycles. The van der Waals surface area contributed by atoms with Crippen LogP contribution in [-0.4, -0.2) is 10.9 Å². The van der Waals surface area contributed by atoms with Gasteiger partial charge in [0.1, 0.15) is 10.7 Å². The zero-order chi connectivity index (χ0) is 14.1. The Morgan fingerprint density at radius 2 is 2.30 bits per heavy atom. The molecule has 1 amide bonds. The molecular weight excluding hydrogens is 297 g/mol. The van der Waals surface area contributed by atoms with E-state index in [0.29, 0.717) is 21.5 Å². The van der Waals surface area contributed by atoms with Gasteiger partial charge in [-0.1, -0.05) is 6.07 Å². The van der Waals surface area contributed by atoms with Crippen molar-refractivity contribution >= 4 is 44.4 Å². The van der Waals surface area contributed by atoms with E-state index in [1.54, 1.807) is 17.6 Å². The highest BCUT2D eigenvalue weighted by Gasteiger charge is 2.18. The van der Waals surface area contributed by atoms with Crippen LogP contribution in [0, 0.1) is 5.82 Å². The Labute approximate surface area is 122 Å². The molecule has 0 aliphatic rings. The number of halogens is 1. The minimum atomic E-state index is -0.408. The van der Waals surface area contributed by atoms with Crippen LogP contribution in [-0.2, 0) is 6.54 Å². The fourth-order valence-electron chi connectivity index (χ4n) is 1.87. The fourth-order valence-corrected chi connectivity index (χ4v) is 3.49. The number of rotatable bonds is 3. The molecule has 7 heteroatoms. The van der Waals surface area contributed by atoms with Gasteiger partial charge in [-0.2, -0.15) is 0 Å². The largest absolute Gasteiger partial charge is 0.397 e. The molecule has 0 fully saturated rings. The second-order valence-corrected chi connectivity index (χ2v) is 5.89. The van der Waals surface area contributed by atoms with Crippen molar-refractivity contribution in [1.82, 2.24) is 10.3 Å². The Balaban J connectivity index is 1.88. The molecule has 0 atom stereocenters. The third-order valence-electron chi connectivity index (χ3n) is 2.82. The second kappa shape index (κ2) is 5.18. The van der Waals surface area contributed by atoms with E-state index < -0.39 is 5.82 Å². The van der Waals surface area contributed by atoms with E-state index in [4.69, 9.17) is 5.73 Å². The molecule has 3 N–H and O–H groups in total. The van der Waals surface area contributed by atoms with Gasteiger partial charge < -0.3 is 11.1 Å². The Hall–Kier alpha value is -1.99. The molecule has 3 rings (SSSR count). The summed E-state index contributed by atoms with van der Waals surface area (Å²) in [4.78, 5) is 16.5. The van der Waals surface area contributed by atoms with Crippen molar-refractivity contribution in [2.75, 3.05) is 5.73 Å². The molecule has 0 bridgehead atoms. The first-order valence-corrected chi connectivity index (χ1v) is 7.54. The molecule has 102 valence electrons. The highest BCUT2D eigenvalue weighted by molar-refractivity contribution is 7.21. The number of nitrogens with one attached hydrogen (secondary N) is 1. The number of nitrogen functional groups attached to an aromatic ring is 1. The van der Waals surface area contributed by atoms with E-state index in [2.05, 4.69) is 10.3 Å². The summed E-state index contributed by atoms with van der Waals surface area (Å²) >= 11 is 2.65. The number of hydrogen-bond donors (Lipinski definition) is 2. The Morgan fingerprint density at radius 3 is 3.00 bits per heavy atom. The van der Waals surface area contributed by atoms with E-state index in [1.807, 2.05) is 5.38 Å². The Kier molecular flexibility index (Phi) is 3.37. The standard InChI is InChI=1S/C13H10FN3OS2/c14-8-2-1-3-9-10(8)11(15)12(20-9)13(18)16-4-7-5-19-6-17-7/h1-3,5-6H,4,15H2,(H,16,18). The van der Waals surface area contributed by atoms with Crippen LogP contribution in [0.3, 0.4) is 0 Å². The molecule has 0 saturated heterocycles. The fraction of sp³-hybridized carbons (Fsp3) is 0.0769. The first kappa shape index (κ1) is 13.0. The number of anilines is 1. The molecule has 1 aromatic carbocycles. The minimum absolute atomic E-state index is 0.193. The van der Waals surface area contributed by atoms with E-state index in [0.717, 1.165) is 5.69 Å². The number of nitrogens with two attached hydrogens (primary N) is 1. The normalized spacial score (nSPS) is 10.8. The Morgan fingerprint density at radius 1 is 1.45 bits per heavy atom. The van der Waals surface area contributed by atoms with E-state index in [1.165, 1.54) is 28.7 Å². The molecule has 0 saturated carbocycles. The summed E-state index contributed by atoms with van der Waals surface area (Å²) in [6, 6.07) is 4.68. The number of aromatic nitrogens is 1. The van der Waals surface area contributed by atoms with Gasteiger partial charge in [-0.05, 0) is 12.1 Å². The SMILES string of the molecule is Nc1c(C(=O)NCc2cscn2)sc2cccc(F)c12. The van der Waals surface area contributed by atoms with Gasteiger partial charge in [-0.15, -0.1) is 22.7 Å². The first-order chi connectivity index (χ1) is 9.66. The van der Waals surface area contributed by atoms with Crippen LogP contribution >= 0.6 is 22.7 Å². The first-order valence-electron chi connectivity index (χ1n) is 5.78. The summed E-state index contributed by atoms with van der Waals surface area (Å²) in [5.74, 6) is -0.717. The molecular formula is C13H10FN3OS2. The number of amides is 1. The number of carbonyl (C=O) groups is 1. The summed E-state index contributed by atoms with van der Waals surface area (Å²) in [5.41, 5.74) is 8.56. The second-order valence-electron chi connectivity index (χ2n) is 4.12. The number of fused-ring (bicyclic) bond motifs is 1. The lowest BCUT2D eigenvalue weighted by Crippen LogP contribution is -2.22. The lowest BCUT2D eigenvalue weighted by Gasteiger charge is -2.02. The van der Waals surface area contributed by atoms with Gasteiger partial charge in [0.15, 0.2) is 0 Å². The third kappa shape index (κ3) is 2.25. The van der Waals surface area contributed by atoms with E-state index in [9.17, 15) is 9.18 Å². The number of thiophene rings is 1. The average Bonchev–Trinajstić information content (AvgIpc) is 3.05. The molecule has 2 heterocycles. The monoisotopic (exact) mass is 307 g/mol. The molecule has 0 spiro atoms. The Bertz CT molecular complexity index is 767. The summed E-state index contributed by atoms with van der Waals surface area (Å²) in [6.45, 7) is 0.332. The quantitative estimate of drug-likeness (QED) is 0.781. The number of carbonyl (C=O) groups excluding carboxylic acids is 1. The average molecular weight is 307 g/mol. The summed E-state index contributed by atoms with van der Waals surface area (Å²) in [5, 5.41) is 4.91. The topological polar surface area (TPSA) is 68.0 Å². The van der Waals surface area contributed by atoms with Gasteiger partial charge >= 0.3 is 0 Å². The molecule has 0 unspecified atom stereocenters. The molecule has 3 aromatic rings. The highest BCUT2D eigenvalue weighted by atomic mass is 32.1. The molecule has 20 heavy (non-hydrogen) atoms. The van der Waals surface area contributed by atoms with Gasteiger partial charge in [0.25, 0.3) is 5.91 Å². The molecule has 4 nitrogen and oxygen atoms in total. The predicted octanol–water partition coefficient (Wildman–Crippen LogP) is 3.01. The zero-order valence-electron chi connectivity index (χ0n) is 10.2. The van der Waals surface area contributed by atoms with Crippen molar-refractivity contribution in [3.63, 3.8) is 0 Å². The van der Waals surface area contributed by atoms with Gasteiger partial charge in [0, 0.05) is 10.1 Å². The zero-order valence-corrected chi connectivity index (χ0v) is 11.9. The smallest absolute Gasteiger partial charge is 0.263 e. The van der Waals surface area contributed by atoms with Crippen molar-refractivity contribution in [2.45, 2.75) is 6.54 Å². The number of benzene rings is 1. The van der Waals surface area contributed by atoms with Crippen LogP contribution in [0.1, 0.15) is 15.4 Å². The van der Waals surface area contributed by atoms with Crippen LogP contribution in [0.25, 0.3) is 10.1 Å². The van der Waals surface area contributed by atoms with Crippen molar-refractivity contribution in [3.05, 3.63) is 45.5 Å². The van der Waals surface area contributed by atoms with E-state index >= 15 is 0 Å². The van der Waals surface area contributed by atoms with Crippen molar-refractivity contribution in [3.8, 4) is 0 Å². The summed E-state index contributed by atoms with van der Waals surface area (Å²) in [7, 11) is 0. The van der Waals surface area contributed by atoms with E-state index in [-0.39, 0.29) is 11.6 Å². The van der Waals surface area contributed by atoms with Crippen LogP contribution in [0.2, 0.25) is 0 Å². The predicted molar refractivity (Wildman–Crippen MR) is 79.5 cm³/mol. The van der Waals surface area contributed by atoms with Gasteiger partial charge in [0.05, 0.1) is 28.8 Å². The molecule has 2 aromatic heterocycles. The number of nitrogens with zero attached hydrogens (tertiary/aromatic N) is 1. The minimum Gasteiger partial charge on any atom is -0.397 e. The van der Waals surface area contributed by atoms with Gasteiger partial charge in [0.2, 0.25) is 0 Å². The maximum atomic E-state index is 13.7. The van der Waals surface area contributed by atoms with Crippen molar-refractivity contribution in [1.29, 1.82) is 0 Å². The highest BCUT2D eigenvalue weighted by Crippen LogP contribution is 2.35. The van der Waals surface area contributed by atoms with Crippen molar-refractivity contribution in [2.24, 2.45) is 0 Å². The van der Waals surface area contributed by atoms with Gasteiger partial charge in [-0.3, -0.25) is 4.79 Å². The molecule has 0 radical (unpaired) electrons.